The van der Waals surface area contributed by atoms with Crippen LogP contribution in [0, 0.1) is 5.82 Å². The smallest absolute Gasteiger partial charge is 0.241 e. The molecule has 0 saturated heterocycles. The Morgan fingerprint density at radius 1 is 1.07 bits per heavy atom. The number of guanidine groups is 1. The van der Waals surface area contributed by atoms with E-state index in [1.807, 2.05) is 50.2 Å². The highest BCUT2D eigenvalue weighted by atomic mass is 19.1. The van der Waals surface area contributed by atoms with E-state index in [9.17, 15) is 9.18 Å². The summed E-state index contributed by atoms with van der Waals surface area (Å²) in [6.45, 7) is 5.25. The number of halogens is 1. The fourth-order valence-electron chi connectivity index (χ4n) is 2.56. The van der Waals surface area contributed by atoms with Crippen LogP contribution in [0.1, 0.15) is 25.0 Å². The van der Waals surface area contributed by atoms with E-state index in [1.54, 1.807) is 26.2 Å². The van der Waals surface area contributed by atoms with Crippen LogP contribution in [0.15, 0.2) is 59.6 Å². The minimum absolute atomic E-state index is 0.0430. The van der Waals surface area contributed by atoms with Crippen LogP contribution in [0.3, 0.4) is 0 Å². The Bertz CT molecular complexity index is 803. The third kappa shape index (κ3) is 6.68. The molecular formula is C22H29FN4O. The van der Waals surface area contributed by atoms with Gasteiger partial charge < -0.3 is 15.5 Å². The summed E-state index contributed by atoms with van der Waals surface area (Å²) >= 11 is 0. The van der Waals surface area contributed by atoms with Gasteiger partial charge in [-0.2, -0.15) is 0 Å². The molecule has 0 aliphatic heterocycles. The highest BCUT2D eigenvalue weighted by molar-refractivity contribution is 5.86. The van der Waals surface area contributed by atoms with Crippen molar-refractivity contribution in [1.82, 2.24) is 15.5 Å². The zero-order valence-electron chi connectivity index (χ0n) is 17.0. The maximum absolute atomic E-state index is 13.6. The highest BCUT2D eigenvalue weighted by Crippen LogP contribution is 2.22. The summed E-state index contributed by atoms with van der Waals surface area (Å²) in [6.07, 6.45) is 0. The number of carbonyl (C=O) groups is 1. The molecular weight excluding hydrogens is 355 g/mol. The van der Waals surface area contributed by atoms with Gasteiger partial charge in [0.1, 0.15) is 5.82 Å². The van der Waals surface area contributed by atoms with E-state index >= 15 is 0 Å². The summed E-state index contributed by atoms with van der Waals surface area (Å²) in [5.41, 5.74) is 1.65. The summed E-state index contributed by atoms with van der Waals surface area (Å²) in [7, 11) is 3.43. The Hall–Kier alpha value is -2.89. The lowest BCUT2D eigenvalue weighted by molar-refractivity contribution is -0.127. The molecule has 2 rings (SSSR count). The number of rotatable bonds is 7. The normalized spacial score (nSPS) is 11.8. The molecule has 0 spiro atoms. The van der Waals surface area contributed by atoms with Crippen molar-refractivity contribution in [3.05, 3.63) is 71.5 Å². The average molecular weight is 384 g/mol. The number of amides is 1. The number of carbonyl (C=O) groups excluding carboxylic acids is 1. The van der Waals surface area contributed by atoms with Crippen molar-refractivity contribution in [2.24, 2.45) is 4.99 Å². The first-order valence-corrected chi connectivity index (χ1v) is 9.30. The van der Waals surface area contributed by atoms with Gasteiger partial charge in [-0.15, -0.1) is 0 Å². The lowest BCUT2D eigenvalue weighted by atomic mass is 9.84. The van der Waals surface area contributed by atoms with Gasteiger partial charge in [0.2, 0.25) is 5.91 Å². The first-order chi connectivity index (χ1) is 13.3. The Morgan fingerprint density at radius 3 is 2.43 bits per heavy atom. The number of nitrogens with one attached hydrogen (secondary N) is 2. The minimum Gasteiger partial charge on any atom is -0.356 e. The number of hydrogen-bond donors (Lipinski definition) is 2. The molecule has 2 aromatic rings. The zero-order valence-corrected chi connectivity index (χ0v) is 17.0. The molecule has 0 aliphatic carbocycles. The van der Waals surface area contributed by atoms with Gasteiger partial charge in [-0.1, -0.05) is 56.3 Å². The van der Waals surface area contributed by atoms with Crippen molar-refractivity contribution in [3.8, 4) is 0 Å². The number of nitrogens with zero attached hydrogens (tertiary/aromatic N) is 2. The molecule has 28 heavy (non-hydrogen) atoms. The topological polar surface area (TPSA) is 56.7 Å². The Kier molecular flexibility index (Phi) is 7.55. The van der Waals surface area contributed by atoms with Gasteiger partial charge >= 0.3 is 0 Å². The number of likely N-dealkylation sites (N-methyl/N-ethyl adjacent to an activating group) is 1. The molecule has 2 N–H and O–H groups in total. The second kappa shape index (κ2) is 9.88. The van der Waals surface area contributed by atoms with E-state index in [1.165, 1.54) is 11.0 Å². The molecule has 0 unspecified atom stereocenters. The zero-order chi connectivity index (χ0) is 20.6. The van der Waals surface area contributed by atoms with Crippen LogP contribution in [0.25, 0.3) is 0 Å². The summed E-state index contributed by atoms with van der Waals surface area (Å²) < 4.78 is 13.6. The van der Waals surface area contributed by atoms with Crippen molar-refractivity contribution in [2.75, 3.05) is 27.2 Å². The van der Waals surface area contributed by atoms with Crippen molar-refractivity contribution in [3.63, 3.8) is 0 Å². The molecule has 0 fully saturated rings. The molecule has 150 valence electrons. The molecule has 0 radical (unpaired) electrons. The lowest BCUT2D eigenvalue weighted by Crippen LogP contribution is -2.46. The maximum Gasteiger partial charge on any atom is 0.241 e. The fourth-order valence-corrected chi connectivity index (χ4v) is 2.56. The minimum atomic E-state index is -0.317. The third-order valence-corrected chi connectivity index (χ3v) is 4.47. The molecule has 0 bridgehead atoms. The Labute approximate surface area is 166 Å². The number of aliphatic imine (C=N–C) groups is 1. The predicted molar refractivity (Wildman–Crippen MR) is 112 cm³/mol. The second-order valence-electron chi connectivity index (χ2n) is 7.54. The molecule has 0 aliphatic rings. The fraction of sp³-hybridized carbons (Fsp3) is 0.364. The van der Waals surface area contributed by atoms with Crippen LogP contribution in [0.2, 0.25) is 0 Å². The average Bonchev–Trinajstić information content (AvgIpc) is 2.67. The molecule has 0 aromatic heterocycles. The van der Waals surface area contributed by atoms with E-state index in [0.29, 0.717) is 19.0 Å². The van der Waals surface area contributed by atoms with E-state index < -0.39 is 0 Å². The van der Waals surface area contributed by atoms with Gasteiger partial charge in [-0.25, -0.2) is 9.38 Å². The van der Waals surface area contributed by atoms with Crippen molar-refractivity contribution in [2.45, 2.75) is 25.8 Å². The van der Waals surface area contributed by atoms with Crippen molar-refractivity contribution in [1.29, 1.82) is 0 Å². The van der Waals surface area contributed by atoms with Crippen molar-refractivity contribution < 1.29 is 9.18 Å². The van der Waals surface area contributed by atoms with E-state index in [0.717, 1.165) is 11.1 Å². The summed E-state index contributed by atoms with van der Waals surface area (Å²) in [5, 5.41) is 6.37. The second-order valence-corrected chi connectivity index (χ2v) is 7.54. The molecule has 0 atom stereocenters. The molecule has 5 nitrogen and oxygen atoms in total. The lowest BCUT2D eigenvalue weighted by Gasteiger charge is -2.27. The van der Waals surface area contributed by atoms with Gasteiger partial charge in [-0.05, 0) is 23.3 Å². The van der Waals surface area contributed by atoms with Crippen LogP contribution in [-0.2, 0) is 16.8 Å². The Morgan fingerprint density at radius 2 is 1.79 bits per heavy atom. The van der Waals surface area contributed by atoms with Crippen LogP contribution in [0.5, 0.6) is 0 Å². The van der Waals surface area contributed by atoms with E-state index in [4.69, 9.17) is 0 Å². The van der Waals surface area contributed by atoms with Crippen LogP contribution in [-0.4, -0.2) is 44.0 Å². The van der Waals surface area contributed by atoms with Gasteiger partial charge in [0.05, 0.1) is 13.1 Å². The van der Waals surface area contributed by atoms with Crippen LogP contribution < -0.4 is 10.6 Å². The largest absolute Gasteiger partial charge is 0.356 e. The van der Waals surface area contributed by atoms with Gasteiger partial charge in [0.15, 0.2) is 5.96 Å². The van der Waals surface area contributed by atoms with Crippen LogP contribution in [0.4, 0.5) is 4.39 Å². The standard InChI is InChI=1S/C22H29FN4O/c1-22(2,18-11-8-12-19(23)13-18)16-26-21(25-15-20(28)27(3)4)24-14-17-9-6-5-7-10-17/h5-13H,14-16H2,1-4H3,(H2,24,25,26). The molecule has 1 amide bonds. The SMILES string of the molecule is CN(C)C(=O)CNC(=NCc1ccccc1)NCC(C)(C)c1cccc(F)c1. The number of hydrogen-bond acceptors (Lipinski definition) is 2. The summed E-state index contributed by atoms with van der Waals surface area (Å²) in [6, 6.07) is 16.5. The molecule has 0 heterocycles. The molecule has 2 aromatic carbocycles. The summed E-state index contributed by atoms with van der Waals surface area (Å²) in [5.74, 6) is 0.250. The number of benzene rings is 2. The van der Waals surface area contributed by atoms with Crippen molar-refractivity contribution >= 4 is 11.9 Å². The highest BCUT2D eigenvalue weighted by Gasteiger charge is 2.21. The van der Waals surface area contributed by atoms with Gasteiger partial charge in [-0.3, -0.25) is 4.79 Å². The first-order valence-electron chi connectivity index (χ1n) is 9.30. The predicted octanol–water partition coefficient (Wildman–Crippen LogP) is 2.93. The van der Waals surface area contributed by atoms with E-state index in [2.05, 4.69) is 15.6 Å². The van der Waals surface area contributed by atoms with Crippen LogP contribution >= 0.6 is 0 Å². The monoisotopic (exact) mass is 384 g/mol. The summed E-state index contributed by atoms with van der Waals surface area (Å²) in [4.78, 5) is 18.0. The maximum atomic E-state index is 13.6. The third-order valence-electron chi connectivity index (χ3n) is 4.47. The van der Waals surface area contributed by atoms with Gasteiger partial charge in [0.25, 0.3) is 0 Å². The van der Waals surface area contributed by atoms with E-state index in [-0.39, 0.29) is 23.7 Å². The first kappa shape index (κ1) is 21.4. The molecule has 0 saturated carbocycles. The quantitative estimate of drug-likeness (QED) is 0.570. The van der Waals surface area contributed by atoms with Gasteiger partial charge in [0, 0.05) is 26.1 Å². The molecule has 6 heteroatoms. The Balaban J connectivity index is 2.08.